The van der Waals surface area contributed by atoms with E-state index in [1.54, 1.807) is 7.11 Å². The lowest BCUT2D eigenvalue weighted by molar-refractivity contribution is 0.415. The van der Waals surface area contributed by atoms with E-state index in [1.165, 1.54) is 21.5 Å². The second-order valence-corrected chi connectivity index (χ2v) is 6.98. The maximum atomic E-state index is 5.33. The first-order valence-corrected chi connectivity index (χ1v) is 9.32. The summed E-state index contributed by atoms with van der Waals surface area (Å²) < 4.78 is 7.50. The van der Waals surface area contributed by atoms with Crippen LogP contribution >= 0.6 is 0 Å². The van der Waals surface area contributed by atoms with E-state index in [1.807, 2.05) is 12.3 Å². The third kappa shape index (κ3) is 2.64. The molecule has 0 spiro atoms. The quantitative estimate of drug-likeness (QED) is 0.388. The fourth-order valence-electron chi connectivity index (χ4n) is 3.86. The first-order valence-electron chi connectivity index (χ1n) is 9.32. The highest BCUT2D eigenvalue weighted by atomic mass is 16.5. The molecule has 0 amide bonds. The second-order valence-electron chi connectivity index (χ2n) is 6.98. The van der Waals surface area contributed by atoms with Crippen molar-refractivity contribution >= 4 is 21.5 Å². The van der Waals surface area contributed by atoms with Crippen LogP contribution in [0.3, 0.4) is 0 Å². The topological polar surface area (TPSA) is 27.1 Å². The molecule has 5 aromatic rings. The zero-order valence-corrected chi connectivity index (χ0v) is 15.9. The lowest BCUT2D eigenvalue weighted by Crippen LogP contribution is -1.96. The van der Waals surface area contributed by atoms with Crippen LogP contribution in [0, 0.1) is 0 Å². The van der Waals surface area contributed by atoms with Crippen molar-refractivity contribution < 1.29 is 4.74 Å². The Balaban J connectivity index is 1.63. The first kappa shape index (κ1) is 16.6. The molecule has 3 heteroatoms. The fourth-order valence-corrected chi connectivity index (χ4v) is 3.86. The predicted molar refractivity (Wildman–Crippen MR) is 116 cm³/mol. The first-order chi connectivity index (χ1) is 13.7. The summed E-state index contributed by atoms with van der Waals surface area (Å²) in [6.07, 6.45) is 1.96. The molecular formula is C25H20N2O. The Bertz CT molecular complexity index is 1310. The summed E-state index contributed by atoms with van der Waals surface area (Å²) in [4.78, 5) is 4.76. The van der Waals surface area contributed by atoms with Crippen molar-refractivity contribution in [2.75, 3.05) is 7.11 Å². The average Bonchev–Trinajstić information content (AvgIpc) is 3.13. The number of imidazole rings is 1. The van der Waals surface area contributed by atoms with Crippen molar-refractivity contribution in [3.8, 4) is 28.4 Å². The number of rotatable bonds is 3. The zero-order chi connectivity index (χ0) is 19.1. The molecule has 0 aliphatic heterocycles. The van der Waals surface area contributed by atoms with Gasteiger partial charge < -0.3 is 9.30 Å². The van der Waals surface area contributed by atoms with Crippen LogP contribution in [0.4, 0.5) is 0 Å². The van der Waals surface area contributed by atoms with Gasteiger partial charge in [0.15, 0.2) is 0 Å². The summed E-state index contributed by atoms with van der Waals surface area (Å²) in [7, 11) is 3.78. The number of fused-ring (bicyclic) bond motifs is 2. The number of methoxy groups -OCH3 is 1. The molecule has 3 nitrogen and oxygen atoms in total. The van der Waals surface area contributed by atoms with Crippen molar-refractivity contribution in [2.24, 2.45) is 7.05 Å². The molecule has 0 unspecified atom stereocenters. The van der Waals surface area contributed by atoms with Gasteiger partial charge in [-0.2, -0.15) is 0 Å². The van der Waals surface area contributed by atoms with E-state index in [-0.39, 0.29) is 0 Å². The number of hydrogen-bond acceptors (Lipinski definition) is 2. The normalized spacial score (nSPS) is 11.2. The van der Waals surface area contributed by atoms with Crippen molar-refractivity contribution in [1.82, 2.24) is 9.55 Å². The van der Waals surface area contributed by atoms with Gasteiger partial charge in [0.05, 0.1) is 19.0 Å². The number of nitrogens with zero attached hydrogens (tertiary/aromatic N) is 2. The van der Waals surface area contributed by atoms with Crippen molar-refractivity contribution in [3.05, 3.63) is 85.1 Å². The van der Waals surface area contributed by atoms with Crippen LogP contribution in [-0.2, 0) is 7.05 Å². The summed E-state index contributed by atoms with van der Waals surface area (Å²) in [6.45, 7) is 0. The van der Waals surface area contributed by atoms with Crippen LogP contribution in [0.15, 0.2) is 85.1 Å². The van der Waals surface area contributed by atoms with Crippen LogP contribution < -0.4 is 4.74 Å². The van der Waals surface area contributed by atoms with Gasteiger partial charge in [-0.3, -0.25) is 0 Å². The Morgan fingerprint density at radius 3 is 2.46 bits per heavy atom. The van der Waals surface area contributed by atoms with Gasteiger partial charge in [0.2, 0.25) is 0 Å². The van der Waals surface area contributed by atoms with Gasteiger partial charge in [-0.05, 0) is 39.7 Å². The highest BCUT2D eigenvalue weighted by Crippen LogP contribution is 2.32. The molecular weight excluding hydrogens is 344 g/mol. The highest BCUT2D eigenvalue weighted by molar-refractivity contribution is 5.95. The number of hydrogen-bond donors (Lipinski definition) is 0. The molecule has 0 saturated heterocycles. The minimum atomic E-state index is 0.874. The molecule has 28 heavy (non-hydrogen) atoms. The van der Waals surface area contributed by atoms with Gasteiger partial charge in [-0.25, -0.2) is 4.98 Å². The Kier molecular flexibility index (Phi) is 3.87. The molecule has 1 aromatic heterocycles. The predicted octanol–water partition coefficient (Wildman–Crippen LogP) is 6.07. The standard InChI is InChI=1S/C25H20N2O/c1-27-24(20-11-10-19-15-21(28-2)13-12-18(19)14-20)16-26-25(27)23-9-5-7-17-6-3-4-8-22(17)23/h3-16H,1-2H3. The highest BCUT2D eigenvalue weighted by Gasteiger charge is 2.13. The molecule has 0 fully saturated rings. The minimum Gasteiger partial charge on any atom is -0.497 e. The summed E-state index contributed by atoms with van der Waals surface area (Å²) in [6, 6.07) is 27.5. The van der Waals surface area contributed by atoms with Crippen molar-refractivity contribution in [2.45, 2.75) is 0 Å². The third-order valence-corrected chi connectivity index (χ3v) is 5.36. The Morgan fingerprint density at radius 2 is 1.57 bits per heavy atom. The van der Waals surface area contributed by atoms with Crippen molar-refractivity contribution in [3.63, 3.8) is 0 Å². The monoisotopic (exact) mass is 364 g/mol. The molecule has 4 aromatic carbocycles. The van der Waals surface area contributed by atoms with E-state index in [4.69, 9.17) is 9.72 Å². The summed E-state index contributed by atoms with van der Waals surface area (Å²) in [5.41, 5.74) is 3.40. The minimum absolute atomic E-state index is 0.874. The number of ether oxygens (including phenoxy) is 1. The zero-order valence-electron chi connectivity index (χ0n) is 15.9. The smallest absolute Gasteiger partial charge is 0.140 e. The van der Waals surface area contributed by atoms with E-state index < -0.39 is 0 Å². The summed E-state index contributed by atoms with van der Waals surface area (Å²) >= 11 is 0. The van der Waals surface area contributed by atoms with Gasteiger partial charge in [0.25, 0.3) is 0 Å². The summed E-state index contributed by atoms with van der Waals surface area (Å²) in [5, 5.41) is 4.80. The molecule has 0 N–H and O–H groups in total. The largest absolute Gasteiger partial charge is 0.497 e. The average molecular weight is 364 g/mol. The summed E-state index contributed by atoms with van der Waals surface area (Å²) in [5.74, 6) is 1.85. The lowest BCUT2D eigenvalue weighted by atomic mass is 10.0. The Morgan fingerprint density at radius 1 is 0.786 bits per heavy atom. The van der Waals surface area contributed by atoms with E-state index in [0.29, 0.717) is 0 Å². The fraction of sp³-hybridized carbons (Fsp3) is 0.0800. The van der Waals surface area contributed by atoms with Gasteiger partial charge in [0, 0.05) is 18.2 Å². The molecule has 0 saturated carbocycles. The Labute approximate surface area is 163 Å². The molecule has 136 valence electrons. The van der Waals surface area contributed by atoms with Crippen molar-refractivity contribution in [1.29, 1.82) is 0 Å². The number of aromatic nitrogens is 2. The van der Waals surface area contributed by atoms with Gasteiger partial charge in [-0.15, -0.1) is 0 Å². The van der Waals surface area contributed by atoms with E-state index in [2.05, 4.69) is 84.4 Å². The maximum absolute atomic E-state index is 5.33. The van der Waals surface area contributed by atoms with Gasteiger partial charge in [0.1, 0.15) is 11.6 Å². The second kappa shape index (κ2) is 6.54. The van der Waals surface area contributed by atoms with E-state index >= 15 is 0 Å². The Hall–Kier alpha value is -3.59. The van der Waals surface area contributed by atoms with Crippen LogP contribution in [0.1, 0.15) is 0 Å². The van der Waals surface area contributed by atoms with E-state index in [0.717, 1.165) is 28.4 Å². The molecule has 0 radical (unpaired) electrons. The third-order valence-electron chi connectivity index (χ3n) is 5.36. The van der Waals surface area contributed by atoms with Crippen LogP contribution in [0.25, 0.3) is 44.2 Å². The van der Waals surface area contributed by atoms with Crippen LogP contribution in [0.5, 0.6) is 5.75 Å². The van der Waals surface area contributed by atoms with Crippen LogP contribution in [-0.4, -0.2) is 16.7 Å². The molecule has 0 bridgehead atoms. The van der Waals surface area contributed by atoms with Gasteiger partial charge in [-0.1, -0.05) is 60.7 Å². The maximum Gasteiger partial charge on any atom is 0.140 e. The van der Waals surface area contributed by atoms with E-state index in [9.17, 15) is 0 Å². The van der Waals surface area contributed by atoms with Gasteiger partial charge >= 0.3 is 0 Å². The molecule has 0 aliphatic rings. The molecule has 5 rings (SSSR count). The van der Waals surface area contributed by atoms with Crippen LogP contribution in [0.2, 0.25) is 0 Å². The SMILES string of the molecule is COc1ccc2cc(-c3cnc(-c4cccc5ccccc45)n3C)ccc2c1. The lowest BCUT2D eigenvalue weighted by Gasteiger charge is -2.10. The molecule has 0 atom stereocenters. The number of benzene rings is 4. The molecule has 0 aliphatic carbocycles. The molecule has 1 heterocycles.